The number of aromatic nitrogens is 2. The number of fused-ring (bicyclic) bond motifs is 1. The summed E-state index contributed by atoms with van der Waals surface area (Å²) in [5, 5.41) is 0.562. The molecule has 0 aliphatic heterocycles. The zero-order valence-corrected chi connectivity index (χ0v) is 10.5. The lowest BCUT2D eigenvalue weighted by Crippen LogP contribution is -2.14. The van der Waals surface area contributed by atoms with E-state index in [9.17, 15) is 4.79 Å². The van der Waals surface area contributed by atoms with Crippen LogP contribution in [-0.4, -0.2) is 9.55 Å². The fraction of sp³-hybridized carbons (Fsp3) is 0.0714. The molecule has 0 bridgehead atoms. The van der Waals surface area contributed by atoms with Crippen molar-refractivity contribution in [2.24, 2.45) is 0 Å². The Labute approximate surface area is 109 Å². The minimum atomic E-state index is -0.177. The SMILES string of the molecule is Cc1cccc(-n2c(=O)[nH]c3cccc(Cl)c32)c1. The van der Waals surface area contributed by atoms with Gasteiger partial charge in [0.2, 0.25) is 0 Å². The van der Waals surface area contributed by atoms with Crippen LogP contribution >= 0.6 is 11.6 Å². The standard InChI is InChI=1S/C14H11ClN2O/c1-9-4-2-5-10(8-9)17-13-11(15)6-3-7-12(13)16-14(17)18/h2-8H,1H3,(H,16,18). The van der Waals surface area contributed by atoms with Crippen LogP contribution in [0.5, 0.6) is 0 Å². The lowest BCUT2D eigenvalue weighted by Gasteiger charge is -2.05. The molecule has 1 heterocycles. The van der Waals surface area contributed by atoms with Gasteiger partial charge in [-0.15, -0.1) is 0 Å². The van der Waals surface area contributed by atoms with Gasteiger partial charge in [-0.05, 0) is 36.8 Å². The highest BCUT2D eigenvalue weighted by Crippen LogP contribution is 2.23. The summed E-state index contributed by atoms with van der Waals surface area (Å²) in [5.41, 5.74) is 3.20. The summed E-state index contributed by atoms with van der Waals surface area (Å²) in [5.74, 6) is 0. The van der Waals surface area contributed by atoms with Gasteiger partial charge in [0.05, 0.1) is 21.7 Å². The van der Waals surface area contributed by atoms with Gasteiger partial charge in [-0.1, -0.05) is 29.8 Å². The van der Waals surface area contributed by atoms with Crippen molar-refractivity contribution in [1.29, 1.82) is 0 Å². The van der Waals surface area contributed by atoms with E-state index in [2.05, 4.69) is 4.98 Å². The maximum absolute atomic E-state index is 12.1. The van der Waals surface area contributed by atoms with Crippen LogP contribution in [0.15, 0.2) is 47.3 Å². The van der Waals surface area contributed by atoms with Crippen molar-refractivity contribution in [3.05, 3.63) is 63.5 Å². The number of imidazole rings is 1. The maximum atomic E-state index is 12.1. The molecular formula is C14H11ClN2O. The lowest BCUT2D eigenvalue weighted by atomic mass is 10.2. The van der Waals surface area contributed by atoms with E-state index in [-0.39, 0.29) is 5.69 Å². The highest BCUT2D eigenvalue weighted by molar-refractivity contribution is 6.35. The van der Waals surface area contributed by atoms with Crippen molar-refractivity contribution in [1.82, 2.24) is 9.55 Å². The first-order chi connectivity index (χ1) is 8.66. The average molecular weight is 259 g/mol. The Hall–Kier alpha value is -2.00. The van der Waals surface area contributed by atoms with Crippen LogP contribution in [0.25, 0.3) is 16.7 Å². The molecule has 0 atom stereocenters. The second kappa shape index (κ2) is 4.03. The molecular weight excluding hydrogens is 248 g/mol. The second-order valence-corrected chi connectivity index (χ2v) is 4.65. The number of hydrogen-bond donors (Lipinski definition) is 1. The Morgan fingerprint density at radius 2 is 1.94 bits per heavy atom. The van der Waals surface area contributed by atoms with Gasteiger partial charge in [-0.2, -0.15) is 0 Å². The summed E-state index contributed by atoms with van der Waals surface area (Å²) in [6.45, 7) is 1.99. The molecule has 18 heavy (non-hydrogen) atoms. The normalized spacial score (nSPS) is 11.0. The van der Waals surface area contributed by atoms with Crippen LogP contribution < -0.4 is 5.69 Å². The topological polar surface area (TPSA) is 37.8 Å². The summed E-state index contributed by atoms with van der Waals surface area (Å²) < 4.78 is 1.60. The highest BCUT2D eigenvalue weighted by atomic mass is 35.5. The van der Waals surface area contributed by atoms with Gasteiger partial charge < -0.3 is 4.98 Å². The van der Waals surface area contributed by atoms with Crippen molar-refractivity contribution in [3.8, 4) is 5.69 Å². The molecule has 0 aliphatic rings. The van der Waals surface area contributed by atoms with Gasteiger partial charge in [0.25, 0.3) is 0 Å². The largest absolute Gasteiger partial charge is 0.331 e. The van der Waals surface area contributed by atoms with Crippen molar-refractivity contribution >= 4 is 22.6 Å². The maximum Gasteiger partial charge on any atom is 0.331 e. The molecule has 3 rings (SSSR count). The molecule has 0 saturated heterocycles. The smallest absolute Gasteiger partial charge is 0.305 e. The summed E-state index contributed by atoms with van der Waals surface area (Å²) >= 11 is 6.19. The van der Waals surface area contributed by atoms with Crippen LogP contribution in [0, 0.1) is 6.92 Å². The molecule has 4 heteroatoms. The summed E-state index contributed by atoms with van der Waals surface area (Å²) in [7, 11) is 0. The van der Waals surface area contributed by atoms with E-state index >= 15 is 0 Å². The molecule has 0 saturated carbocycles. The third-order valence-corrected chi connectivity index (χ3v) is 3.22. The summed E-state index contributed by atoms with van der Waals surface area (Å²) in [6.07, 6.45) is 0. The zero-order chi connectivity index (χ0) is 12.7. The molecule has 1 N–H and O–H groups in total. The van der Waals surface area contributed by atoms with Crippen LogP contribution in [0.3, 0.4) is 0 Å². The Morgan fingerprint density at radius 3 is 2.72 bits per heavy atom. The van der Waals surface area contributed by atoms with E-state index in [0.29, 0.717) is 5.02 Å². The quantitative estimate of drug-likeness (QED) is 0.715. The van der Waals surface area contributed by atoms with E-state index in [4.69, 9.17) is 11.6 Å². The number of nitrogens with one attached hydrogen (secondary N) is 1. The Bertz CT molecular complexity index is 786. The van der Waals surface area contributed by atoms with Gasteiger partial charge in [0.15, 0.2) is 0 Å². The number of halogens is 1. The number of aromatic amines is 1. The first-order valence-corrected chi connectivity index (χ1v) is 6.01. The van der Waals surface area contributed by atoms with Gasteiger partial charge in [0.1, 0.15) is 0 Å². The van der Waals surface area contributed by atoms with Crippen molar-refractivity contribution < 1.29 is 0 Å². The van der Waals surface area contributed by atoms with E-state index in [1.165, 1.54) is 0 Å². The van der Waals surface area contributed by atoms with Crippen LogP contribution in [0.2, 0.25) is 5.02 Å². The Balaban J connectivity index is 2.42. The number of rotatable bonds is 1. The molecule has 90 valence electrons. The van der Waals surface area contributed by atoms with E-state index in [1.807, 2.05) is 43.3 Å². The number of benzene rings is 2. The number of aryl methyl sites for hydroxylation is 1. The van der Waals surface area contributed by atoms with Crippen molar-refractivity contribution in [3.63, 3.8) is 0 Å². The minimum absolute atomic E-state index is 0.177. The molecule has 0 spiro atoms. The fourth-order valence-corrected chi connectivity index (χ4v) is 2.39. The first-order valence-electron chi connectivity index (χ1n) is 5.63. The average Bonchev–Trinajstić information content (AvgIpc) is 2.67. The molecule has 0 fully saturated rings. The lowest BCUT2D eigenvalue weighted by molar-refractivity contribution is 1.01. The van der Waals surface area contributed by atoms with Crippen LogP contribution in [0.4, 0.5) is 0 Å². The van der Waals surface area contributed by atoms with E-state index in [1.54, 1.807) is 10.6 Å². The van der Waals surface area contributed by atoms with E-state index < -0.39 is 0 Å². The van der Waals surface area contributed by atoms with Crippen LogP contribution in [-0.2, 0) is 0 Å². The zero-order valence-electron chi connectivity index (χ0n) is 9.77. The molecule has 3 aromatic rings. The third kappa shape index (κ3) is 1.64. The Morgan fingerprint density at radius 1 is 1.17 bits per heavy atom. The Kier molecular flexibility index (Phi) is 2.49. The fourth-order valence-electron chi connectivity index (χ4n) is 2.13. The van der Waals surface area contributed by atoms with Crippen molar-refractivity contribution in [2.75, 3.05) is 0 Å². The molecule has 3 nitrogen and oxygen atoms in total. The van der Waals surface area contributed by atoms with E-state index in [0.717, 1.165) is 22.3 Å². The number of hydrogen-bond acceptors (Lipinski definition) is 1. The predicted molar refractivity (Wildman–Crippen MR) is 73.6 cm³/mol. The monoisotopic (exact) mass is 258 g/mol. The predicted octanol–water partition coefficient (Wildman–Crippen LogP) is 3.28. The van der Waals surface area contributed by atoms with Crippen LogP contribution in [0.1, 0.15) is 5.56 Å². The first kappa shape index (κ1) is 11.1. The number of nitrogens with zero attached hydrogens (tertiary/aromatic N) is 1. The summed E-state index contributed by atoms with van der Waals surface area (Å²) in [4.78, 5) is 14.9. The molecule has 0 aliphatic carbocycles. The molecule has 2 aromatic carbocycles. The van der Waals surface area contributed by atoms with Crippen molar-refractivity contribution in [2.45, 2.75) is 6.92 Å². The minimum Gasteiger partial charge on any atom is -0.305 e. The second-order valence-electron chi connectivity index (χ2n) is 4.24. The highest BCUT2D eigenvalue weighted by Gasteiger charge is 2.11. The van der Waals surface area contributed by atoms with Gasteiger partial charge >= 0.3 is 5.69 Å². The van der Waals surface area contributed by atoms with Gasteiger partial charge in [0, 0.05) is 0 Å². The molecule has 0 amide bonds. The third-order valence-electron chi connectivity index (χ3n) is 2.91. The molecule has 0 radical (unpaired) electrons. The van der Waals surface area contributed by atoms with Gasteiger partial charge in [-0.25, -0.2) is 4.79 Å². The molecule has 0 unspecified atom stereocenters. The summed E-state index contributed by atoms with van der Waals surface area (Å²) in [6, 6.07) is 13.2. The van der Waals surface area contributed by atoms with Gasteiger partial charge in [-0.3, -0.25) is 4.57 Å². The molecule has 1 aromatic heterocycles. The number of H-pyrrole nitrogens is 1. The number of para-hydroxylation sites is 1.